The molecule has 1 aromatic rings. The fourth-order valence-corrected chi connectivity index (χ4v) is 9.08. The molecule has 8 atom stereocenters. The number of carbonyl (C=O) groups is 1. The van der Waals surface area contributed by atoms with Gasteiger partial charge in [0, 0.05) is 24.9 Å². The summed E-state index contributed by atoms with van der Waals surface area (Å²) in [4.78, 5) is 13.3. The predicted molar refractivity (Wildman–Crippen MR) is 124 cm³/mol. The summed E-state index contributed by atoms with van der Waals surface area (Å²) < 4.78 is 7.45. The lowest BCUT2D eigenvalue weighted by Crippen LogP contribution is -2.56. The summed E-state index contributed by atoms with van der Waals surface area (Å²) in [6.45, 7) is 8.47. The number of carbonyl (C=O) groups excluding carboxylic acids is 1. The number of nitrogens with zero attached hydrogens (tertiary/aromatic N) is 2. The van der Waals surface area contributed by atoms with Gasteiger partial charge < -0.3 is 9.84 Å². The fraction of sp³-hybridized carbons (Fsp3) is 0.852. The molecule has 0 aromatic carbocycles. The molecule has 0 spiro atoms. The molecule has 5 rings (SSSR count). The van der Waals surface area contributed by atoms with E-state index in [9.17, 15) is 9.90 Å². The molecule has 1 heterocycles. The molecule has 1 aromatic heterocycles. The van der Waals surface area contributed by atoms with Crippen molar-refractivity contribution in [2.75, 3.05) is 13.2 Å². The summed E-state index contributed by atoms with van der Waals surface area (Å²) in [6.07, 6.45) is 13.8. The second-order valence-corrected chi connectivity index (χ2v) is 12.2. The van der Waals surface area contributed by atoms with E-state index >= 15 is 0 Å². The SMILES string of the molecule is CCOC[C@@]1(O)CC[C@@H]2[C@H]3CC[C@]4(C)[C@@H](C(=O)Cn5cccn5)CC[C@H]4[C@@H]3CC[C@@]2(C)C1. The average Bonchev–Trinajstić information content (AvgIpc) is 3.38. The van der Waals surface area contributed by atoms with Crippen molar-refractivity contribution < 1.29 is 14.6 Å². The maximum absolute atomic E-state index is 13.3. The number of Topliss-reactive ketones (excluding diaryl/α,β-unsaturated/α-hetero) is 1. The van der Waals surface area contributed by atoms with Crippen LogP contribution < -0.4 is 0 Å². The molecule has 4 fully saturated rings. The Kier molecular flexibility index (Phi) is 5.81. The molecule has 4 saturated carbocycles. The monoisotopic (exact) mass is 442 g/mol. The van der Waals surface area contributed by atoms with Gasteiger partial charge in [0.1, 0.15) is 0 Å². The Morgan fingerprint density at radius 3 is 2.62 bits per heavy atom. The van der Waals surface area contributed by atoms with E-state index in [0.29, 0.717) is 37.4 Å². The Balaban J connectivity index is 1.30. The van der Waals surface area contributed by atoms with Crippen molar-refractivity contribution in [3.63, 3.8) is 0 Å². The normalized spacial score (nSPS) is 45.7. The predicted octanol–water partition coefficient (Wildman–Crippen LogP) is 4.88. The zero-order valence-corrected chi connectivity index (χ0v) is 20.3. The molecule has 4 aliphatic carbocycles. The maximum Gasteiger partial charge on any atom is 0.157 e. The first-order valence-electron chi connectivity index (χ1n) is 13.1. The van der Waals surface area contributed by atoms with Gasteiger partial charge in [-0.2, -0.15) is 5.10 Å². The number of ether oxygens (including phenoxy) is 1. The lowest BCUT2D eigenvalue weighted by Gasteiger charge is -2.61. The van der Waals surface area contributed by atoms with Crippen LogP contribution in [0.5, 0.6) is 0 Å². The first kappa shape index (κ1) is 22.6. The van der Waals surface area contributed by atoms with E-state index in [2.05, 4.69) is 18.9 Å². The highest BCUT2D eigenvalue weighted by Gasteiger charge is 2.61. The number of fused-ring (bicyclic) bond motifs is 5. The van der Waals surface area contributed by atoms with Crippen LogP contribution in [0.1, 0.15) is 78.6 Å². The third-order valence-electron chi connectivity index (χ3n) is 10.4. The first-order valence-corrected chi connectivity index (χ1v) is 13.1. The van der Waals surface area contributed by atoms with Crippen molar-refractivity contribution in [3.8, 4) is 0 Å². The quantitative estimate of drug-likeness (QED) is 0.682. The number of rotatable bonds is 6. The minimum absolute atomic E-state index is 0.156. The van der Waals surface area contributed by atoms with Crippen LogP contribution in [0.2, 0.25) is 0 Å². The van der Waals surface area contributed by atoms with E-state index < -0.39 is 5.60 Å². The molecule has 0 bridgehead atoms. The molecule has 5 heteroatoms. The Morgan fingerprint density at radius 2 is 1.88 bits per heavy atom. The summed E-state index contributed by atoms with van der Waals surface area (Å²) in [5, 5.41) is 15.5. The van der Waals surface area contributed by atoms with Gasteiger partial charge in [0.15, 0.2) is 5.78 Å². The molecular formula is C27H42N2O3. The van der Waals surface area contributed by atoms with Gasteiger partial charge in [-0.1, -0.05) is 13.8 Å². The van der Waals surface area contributed by atoms with E-state index in [1.165, 1.54) is 32.1 Å². The molecule has 0 unspecified atom stereocenters. The number of ketones is 1. The summed E-state index contributed by atoms with van der Waals surface area (Å²) in [5.41, 5.74) is -0.259. The second-order valence-electron chi connectivity index (χ2n) is 12.2. The van der Waals surface area contributed by atoms with Gasteiger partial charge in [-0.3, -0.25) is 9.48 Å². The zero-order valence-electron chi connectivity index (χ0n) is 20.3. The van der Waals surface area contributed by atoms with E-state index in [-0.39, 0.29) is 16.7 Å². The van der Waals surface area contributed by atoms with Crippen LogP contribution in [0.4, 0.5) is 0 Å². The van der Waals surface area contributed by atoms with Gasteiger partial charge >= 0.3 is 0 Å². The van der Waals surface area contributed by atoms with Crippen molar-refractivity contribution >= 4 is 5.78 Å². The average molecular weight is 443 g/mol. The lowest BCUT2D eigenvalue weighted by molar-refractivity contribution is -0.162. The van der Waals surface area contributed by atoms with E-state index in [0.717, 1.165) is 37.5 Å². The van der Waals surface area contributed by atoms with Gasteiger partial charge in [0.2, 0.25) is 0 Å². The van der Waals surface area contributed by atoms with Crippen molar-refractivity contribution in [2.45, 2.75) is 90.7 Å². The van der Waals surface area contributed by atoms with Crippen molar-refractivity contribution in [3.05, 3.63) is 18.5 Å². The van der Waals surface area contributed by atoms with Crippen LogP contribution in [0.15, 0.2) is 18.5 Å². The van der Waals surface area contributed by atoms with Crippen LogP contribution in [-0.2, 0) is 16.1 Å². The molecule has 0 amide bonds. The van der Waals surface area contributed by atoms with E-state index in [4.69, 9.17) is 4.74 Å². The summed E-state index contributed by atoms with van der Waals surface area (Å²) in [6, 6.07) is 1.90. The van der Waals surface area contributed by atoms with E-state index in [1.807, 2.05) is 19.2 Å². The Morgan fingerprint density at radius 1 is 1.09 bits per heavy atom. The highest BCUT2D eigenvalue weighted by atomic mass is 16.5. The van der Waals surface area contributed by atoms with Gasteiger partial charge in [-0.05, 0) is 105 Å². The molecule has 0 radical (unpaired) electrons. The molecule has 1 N–H and O–H groups in total. The van der Waals surface area contributed by atoms with Gasteiger partial charge in [0.25, 0.3) is 0 Å². The second kappa shape index (κ2) is 8.23. The molecular weight excluding hydrogens is 400 g/mol. The lowest BCUT2D eigenvalue weighted by atomic mass is 9.45. The molecule has 5 nitrogen and oxygen atoms in total. The van der Waals surface area contributed by atoms with Gasteiger partial charge in [-0.25, -0.2) is 0 Å². The Labute approximate surface area is 193 Å². The van der Waals surface area contributed by atoms with Crippen molar-refractivity contribution in [2.24, 2.45) is 40.4 Å². The standard InChI is InChI=1S/C27H42N2O3/c1-4-32-18-27(31)13-10-21-19-9-12-26(3)22(20(19)8-11-25(21,2)17-27)6-7-23(26)24(30)16-29-15-5-14-28-29/h5,14-15,19-23,31H,4,6-13,16-18H2,1-3H3/t19-,20+,21+,22-,23+,25-,26-,27+/m0/s1. The maximum atomic E-state index is 13.3. The van der Waals surface area contributed by atoms with Crippen LogP contribution in [0, 0.1) is 40.4 Å². The fourth-order valence-electron chi connectivity index (χ4n) is 9.08. The van der Waals surface area contributed by atoms with Crippen LogP contribution >= 0.6 is 0 Å². The topological polar surface area (TPSA) is 64.3 Å². The zero-order chi connectivity index (χ0) is 22.6. The third-order valence-corrected chi connectivity index (χ3v) is 10.4. The minimum atomic E-state index is -0.644. The van der Waals surface area contributed by atoms with E-state index in [1.54, 1.807) is 10.9 Å². The molecule has 32 heavy (non-hydrogen) atoms. The summed E-state index contributed by atoms with van der Waals surface area (Å²) in [5.74, 6) is 3.49. The van der Waals surface area contributed by atoms with Crippen molar-refractivity contribution in [1.82, 2.24) is 9.78 Å². The number of hydrogen-bond acceptors (Lipinski definition) is 4. The first-order chi connectivity index (χ1) is 15.3. The highest BCUT2D eigenvalue weighted by Crippen LogP contribution is 2.67. The molecule has 0 aliphatic heterocycles. The van der Waals surface area contributed by atoms with Crippen LogP contribution in [-0.4, -0.2) is 39.5 Å². The largest absolute Gasteiger partial charge is 0.387 e. The van der Waals surface area contributed by atoms with Gasteiger partial charge in [-0.15, -0.1) is 0 Å². The van der Waals surface area contributed by atoms with Gasteiger partial charge in [0.05, 0.1) is 18.8 Å². The van der Waals surface area contributed by atoms with Crippen LogP contribution in [0.25, 0.3) is 0 Å². The number of aliphatic hydroxyl groups is 1. The van der Waals surface area contributed by atoms with Crippen LogP contribution in [0.3, 0.4) is 0 Å². The Bertz CT molecular complexity index is 825. The molecule has 4 aliphatic rings. The summed E-state index contributed by atoms with van der Waals surface area (Å²) in [7, 11) is 0. The third kappa shape index (κ3) is 3.68. The van der Waals surface area contributed by atoms with Crippen molar-refractivity contribution in [1.29, 1.82) is 0 Å². The highest BCUT2D eigenvalue weighted by molar-refractivity contribution is 5.82. The minimum Gasteiger partial charge on any atom is -0.387 e. The summed E-state index contributed by atoms with van der Waals surface area (Å²) >= 11 is 0. The molecule has 0 saturated heterocycles. The smallest absolute Gasteiger partial charge is 0.157 e. The molecule has 178 valence electrons. The number of aromatic nitrogens is 2. The Hall–Kier alpha value is -1.20. The number of hydrogen-bond donors (Lipinski definition) is 1.